The molecule has 1 atom stereocenters. The maximum absolute atomic E-state index is 14.0. The summed E-state index contributed by atoms with van der Waals surface area (Å²) in [4.78, 5) is 3.77. The van der Waals surface area contributed by atoms with E-state index in [1.165, 1.54) is 6.20 Å². The Morgan fingerprint density at radius 1 is 1.15 bits per heavy atom. The van der Waals surface area contributed by atoms with E-state index >= 15 is 0 Å². The second-order valence-electron chi connectivity index (χ2n) is 4.23. The second kappa shape index (κ2) is 6.34. The number of halogens is 1. The van der Waals surface area contributed by atoms with Gasteiger partial charge in [-0.05, 0) is 31.3 Å². The summed E-state index contributed by atoms with van der Waals surface area (Å²) in [5.74, 6) is 0.994. The highest BCUT2D eigenvalue weighted by Crippen LogP contribution is 2.33. The number of nitrogens with zero attached hydrogens (tertiary/aromatic N) is 1. The summed E-state index contributed by atoms with van der Waals surface area (Å²) in [7, 11) is 4.94. The highest BCUT2D eigenvalue weighted by Gasteiger charge is 2.20. The average Bonchev–Trinajstić information content (AvgIpc) is 2.49. The first-order valence-electron chi connectivity index (χ1n) is 6.19. The number of aromatic nitrogens is 1. The van der Waals surface area contributed by atoms with Gasteiger partial charge < -0.3 is 14.8 Å². The van der Waals surface area contributed by atoms with E-state index in [4.69, 9.17) is 9.47 Å². The monoisotopic (exact) mass is 276 g/mol. The summed E-state index contributed by atoms with van der Waals surface area (Å²) < 4.78 is 24.5. The van der Waals surface area contributed by atoms with Crippen molar-refractivity contribution in [1.29, 1.82) is 0 Å². The second-order valence-corrected chi connectivity index (χ2v) is 4.23. The first kappa shape index (κ1) is 14.3. The average molecular weight is 276 g/mol. The maximum Gasteiger partial charge on any atom is 0.146 e. The van der Waals surface area contributed by atoms with E-state index in [1.54, 1.807) is 45.7 Å². The zero-order valence-electron chi connectivity index (χ0n) is 11.7. The maximum atomic E-state index is 14.0. The van der Waals surface area contributed by atoms with Gasteiger partial charge in [0, 0.05) is 17.3 Å². The Morgan fingerprint density at radius 2 is 1.95 bits per heavy atom. The van der Waals surface area contributed by atoms with Crippen LogP contribution in [0.15, 0.2) is 36.7 Å². The van der Waals surface area contributed by atoms with E-state index in [2.05, 4.69) is 10.3 Å². The Labute approximate surface area is 117 Å². The van der Waals surface area contributed by atoms with Crippen molar-refractivity contribution >= 4 is 0 Å². The zero-order chi connectivity index (χ0) is 14.5. The summed E-state index contributed by atoms with van der Waals surface area (Å²) in [6, 6.07) is 6.74. The Balaban J connectivity index is 2.54. The van der Waals surface area contributed by atoms with Gasteiger partial charge >= 0.3 is 0 Å². The van der Waals surface area contributed by atoms with Crippen LogP contribution in [0, 0.1) is 5.82 Å². The van der Waals surface area contributed by atoms with Gasteiger partial charge in [-0.2, -0.15) is 0 Å². The fourth-order valence-corrected chi connectivity index (χ4v) is 2.16. The first-order chi connectivity index (χ1) is 9.71. The summed E-state index contributed by atoms with van der Waals surface area (Å²) >= 11 is 0. The minimum Gasteiger partial charge on any atom is -0.497 e. The van der Waals surface area contributed by atoms with Crippen LogP contribution >= 0.6 is 0 Å². The van der Waals surface area contributed by atoms with Crippen molar-refractivity contribution in [3.05, 3.63) is 53.6 Å². The van der Waals surface area contributed by atoms with E-state index < -0.39 is 0 Å². The van der Waals surface area contributed by atoms with Crippen molar-refractivity contribution < 1.29 is 13.9 Å². The molecular formula is C15H17FN2O2. The molecule has 106 valence electrons. The van der Waals surface area contributed by atoms with Crippen LogP contribution in [0.5, 0.6) is 11.5 Å². The van der Waals surface area contributed by atoms with Gasteiger partial charge in [0.15, 0.2) is 0 Å². The predicted molar refractivity (Wildman–Crippen MR) is 74.6 cm³/mol. The lowest BCUT2D eigenvalue weighted by Gasteiger charge is -2.20. The molecule has 20 heavy (non-hydrogen) atoms. The Kier molecular flexibility index (Phi) is 4.53. The lowest BCUT2D eigenvalue weighted by atomic mass is 9.98. The van der Waals surface area contributed by atoms with Crippen LogP contribution in [0.1, 0.15) is 17.2 Å². The number of nitrogens with one attached hydrogen (secondary N) is 1. The lowest BCUT2D eigenvalue weighted by molar-refractivity contribution is 0.394. The van der Waals surface area contributed by atoms with E-state index in [0.29, 0.717) is 17.1 Å². The van der Waals surface area contributed by atoms with E-state index in [-0.39, 0.29) is 11.9 Å². The predicted octanol–water partition coefficient (Wildman–Crippen LogP) is 2.55. The van der Waals surface area contributed by atoms with Gasteiger partial charge in [-0.25, -0.2) is 4.39 Å². The zero-order valence-corrected chi connectivity index (χ0v) is 11.7. The van der Waals surface area contributed by atoms with Crippen molar-refractivity contribution in [2.45, 2.75) is 6.04 Å². The van der Waals surface area contributed by atoms with Gasteiger partial charge in [-0.1, -0.05) is 0 Å². The molecule has 0 bridgehead atoms. The quantitative estimate of drug-likeness (QED) is 0.911. The standard InChI is InChI=1S/C15H17FN2O2/c1-17-15(11-6-7-18-9-13(11)16)12-8-10(19-2)4-5-14(12)20-3/h4-9,15,17H,1-3H3. The van der Waals surface area contributed by atoms with E-state index in [1.807, 2.05) is 6.07 Å². The SMILES string of the molecule is CNC(c1ccncc1F)c1cc(OC)ccc1OC. The van der Waals surface area contributed by atoms with Crippen LogP contribution in [0.2, 0.25) is 0 Å². The minimum absolute atomic E-state index is 0.344. The van der Waals surface area contributed by atoms with Crippen LogP contribution in [-0.2, 0) is 0 Å². The van der Waals surface area contributed by atoms with Gasteiger partial charge in [0.1, 0.15) is 17.3 Å². The van der Waals surface area contributed by atoms with Crippen molar-refractivity contribution in [3.8, 4) is 11.5 Å². The molecule has 1 aromatic heterocycles. The van der Waals surface area contributed by atoms with Crippen LogP contribution in [-0.4, -0.2) is 26.3 Å². The van der Waals surface area contributed by atoms with Gasteiger partial charge in [0.2, 0.25) is 0 Å². The minimum atomic E-state index is -0.364. The third-order valence-electron chi connectivity index (χ3n) is 3.15. The van der Waals surface area contributed by atoms with Gasteiger partial charge in [-0.15, -0.1) is 0 Å². The largest absolute Gasteiger partial charge is 0.497 e. The first-order valence-corrected chi connectivity index (χ1v) is 6.19. The summed E-state index contributed by atoms with van der Waals surface area (Å²) in [6.07, 6.45) is 2.77. The molecule has 0 amide bonds. The van der Waals surface area contributed by atoms with Crippen LogP contribution in [0.3, 0.4) is 0 Å². The molecule has 0 radical (unpaired) electrons. The Hall–Kier alpha value is -2.14. The van der Waals surface area contributed by atoms with Gasteiger partial charge in [0.05, 0.1) is 26.5 Å². The molecule has 5 heteroatoms. The molecule has 1 heterocycles. The van der Waals surface area contributed by atoms with E-state index in [9.17, 15) is 4.39 Å². The molecule has 2 aromatic rings. The van der Waals surface area contributed by atoms with Crippen molar-refractivity contribution in [3.63, 3.8) is 0 Å². The van der Waals surface area contributed by atoms with Gasteiger partial charge in [-0.3, -0.25) is 4.98 Å². The highest BCUT2D eigenvalue weighted by atomic mass is 19.1. The van der Waals surface area contributed by atoms with Crippen LogP contribution in [0.4, 0.5) is 4.39 Å². The molecular weight excluding hydrogens is 259 g/mol. The summed E-state index contributed by atoms with van der Waals surface area (Å²) in [5, 5.41) is 3.10. The smallest absolute Gasteiger partial charge is 0.146 e. The van der Waals surface area contributed by atoms with Gasteiger partial charge in [0.25, 0.3) is 0 Å². The molecule has 0 aliphatic rings. The Morgan fingerprint density at radius 3 is 2.55 bits per heavy atom. The van der Waals surface area contributed by atoms with Crippen molar-refractivity contribution in [2.24, 2.45) is 0 Å². The number of hydrogen-bond acceptors (Lipinski definition) is 4. The van der Waals surface area contributed by atoms with E-state index in [0.717, 1.165) is 5.56 Å². The molecule has 0 aliphatic heterocycles. The number of pyridine rings is 1. The summed E-state index contributed by atoms with van der Waals surface area (Å²) in [6.45, 7) is 0. The highest BCUT2D eigenvalue weighted by molar-refractivity contribution is 5.46. The number of methoxy groups -OCH3 is 2. The lowest BCUT2D eigenvalue weighted by Crippen LogP contribution is -2.20. The van der Waals surface area contributed by atoms with Crippen molar-refractivity contribution in [1.82, 2.24) is 10.3 Å². The molecule has 0 aliphatic carbocycles. The topological polar surface area (TPSA) is 43.4 Å². The third kappa shape index (κ3) is 2.72. The number of ether oxygens (including phenoxy) is 2. The molecule has 1 unspecified atom stereocenters. The van der Waals surface area contributed by atoms with Crippen LogP contribution in [0.25, 0.3) is 0 Å². The fraction of sp³-hybridized carbons (Fsp3) is 0.267. The molecule has 1 N–H and O–H groups in total. The molecule has 0 fully saturated rings. The molecule has 4 nitrogen and oxygen atoms in total. The number of benzene rings is 1. The van der Waals surface area contributed by atoms with Crippen molar-refractivity contribution in [2.75, 3.05) is 21.3 Å². The molecule has 0 spiro atoms. The third-order valence-corrected chi connectivity index (χ3v) is 3.15. The molecule has 1 aromatic carbocycles. The van der Waals surface area contributed by atoms with Crippen LogP contribution < -0.4 is 14.8 Å². The normalized spacial score (nSPS) is 12.0. The molecule has 0 saturated heterocycles. The number of rotatable bonds is 5. The molecule has 2 rings (SSSR count). The molecule has 0 saturated carbocycles. The fourth-order valence-electron chi connectivity index (χ4n) is 2.16. The number of hydrogen-bond donors (Lipinski definition) is 1. The summed E-state index contributed by atoms with van der Waals surface area (Å²) in [5.41, 5.74) is 1.31. The Bertz CT molecular complexity index is 590.